The average Bonchev–Trinajstić information content (AvgIpc) is 2.26. The lowest BCUT2D eigenvalue weighted by Gasteiger charge is -2.40. The van der Waals surface area contributed by atoms with Gasteiger partial charge in [0.2, 0.25) is 11.8 Å². The van der Waals surface area contributed by atoms with Gasteiger partial charge in [0.05, 0.1) is 12.0 Å². The van der Waals surface area contributed by atoms with E-state index in [1.807, 2.05) is 27.7 Å². The molecule has 0 aromatic carbocycles. The number of rotatable bonds is 2. The average molecular weight is 255 g/mol. The first-order valence-electron chi connectivity index (χ1n) is 6.50. The molecule has 1 fully saturated rings. The third kappa shape index (κ3) is 3.22. The molecular formula is C13H25N3O2. The second-order valence-electron chi connectivity index (χ2n) is 6.36. The minimum Gasteiger partial charge on any atom is -0.369 e. The third-order valence-corrected chi connectivity index (χ3v) is 3.77. The summed E-state index contributed by atoms with van der Waals surface area (Å²) in [5.74, 6) is -0.651. The fourth-order valence-corrected chi connectivity index (χ4v) is 2.20. The van der Waals surface area contributed by atoms with Gasteiger partial charge >= 0.3 is 0 Å². The zero-order valence-corrected chi connectivity index (χ0v) is 11.8. The molecule has 1 rings (SSSR count). The van der Waals surface area contributed by atoms with E-state index < -0.39 is 6.04 Å². The van der Waals surface area contributed by atoms with Gasteiger partial charge in [-0.25, -0.2) is 0 Å². The van der Waals surface area contributed by atoms with Gasteiger partial charge in [-0.05, 0) is 25.2 Å². The monoisotopic (exact) mass is 255 g/mol. The number of carbonyl (C=O) groups excluding carboxylic acids is 2. The van der Waals surface area contributed by atoms with Crippen molar-refractivity contribution in [3.63, 3.8) is 0 Å². The van der Waals surface area contributed by atoms with E-state index in [1.165, 1.54) is 0 Å². The molecule has 0 aliphatic carbocycles. The largest absolute Gasteiger partial charge is 0.369 e. The molecule has 0 radical (unpaired) electrons. The molecule has 1 aliphatic heterocycles. The van der Waals surface area contributed by atoms with Gasteiger partial charge in [-0.1, -0.05) is 20.8 Å². The molecule has 1 heterocycles. The van der Waals surface area contributed by atoms with Crippen LogP contribution in [-0.4, -0.2) is 35.3 Å². The van der Waals surface area contributed by atoms with E-state index in [2.05, 4.69) is 0 Å². The number of carbonyl (C=O) groups is 2. The maximum absolute atomic E-state index is 12.4. The molecule has 0 saturated carbocycles. The highest BCUT2D eigenvalue weighted by Gasteiger charge is 2.37. The summed E-state index contributed by atoms with van der Waals surface area (Å²) in [4.78, 5) is 25.3. The van der Waals surface area contributed by atoms with Crippen molar-refractivity contribution in [3.8, 4) is 0 Å². The molecule has 2 unspecified atom stereocenters. The predicted octanol–water partition coefficient (Wildman–Crippen LogP) is 0.472. The van der Waals surface area contributed by atoms with Crippen molar-refractivity contribution in [1.29, 1.82) is 0 Å². The number of nitrogens with two attached hydrogens (primary N) is 2. The van der Waals surface area contributed by atoms with Crippen LogP contribution in [0.5, 0.6) is 0 Å². The first-order valence-corrected chi connectivity index (χ1v) is 6.50. The number of primary amides is 1. The first kappa shape index (κ1) is 15.0. The lowest BCUT2D eigenvalue weighted by atomic mass is 9.85. The van der Waals surface area contributed by atoms with Gasteiger partial charge in [0.15, 0.2) is 0 Å². The van der Waals surface area contributed by atoms with Crippen LogP contribution in [0, 0.1) is 11.3 Å². The van der Waals surface area contributed by atoms with E-state index in [4.69, 9.17) is 11.5 Å². The Labute approximate surface area is 109 Å². The van der Waals surface area contributed by atoms with Crippen molar-refractivity contribution in [2.24, 2.45) is 22.8 Å². The van der Waals surface area contributed by atoms with Crippen LogP contribution in [0.2, 0.25) is 0 Å². The lowest BCUT2D eigenvalue weighted by Crippen LogP contribution is -2.56. The van der Waals surface area contributed by atoms with Crippen molar-refractivity contribution >= 4 is 11.8 Å². The molecule has 3 atom stereocenters. The Morgan fingerprint density at radius 3 is 2.28 bits per heavy atom. The minimum atomic E-state index is -0.549. The summed E-state index contributed by atoms with van der Waals surface area (Å²) in [6, 6.07) is -0.423. The molecule has 4 N–H and O–H groups in total. The van der Waals surface area contributed by atoms with Crippen molar-refractivity contribution < 1.29 is 9.59 Å². The van der Waals surface area contributed by atoms with Gasteiger partial charge in [-0.3, -0.25) is 9.59 Å². The fourth-order valence-electron chi connectivity index (χ4n) is 2.20. The summed E-state index contributed by atoms with van der Waals surface area (Å²) in [5, 5.41) is 0. The Balaban J connectivity index is 2.80. The summed E-state index contributed by atoms with van der Waals surface area (Å²) in [6.45, 7) is 8.21. The molecule has 2 amide bonds. The number of nitrogens with zero attached hydrogens (tertiary/aromatic N) is 1. The van der Waals surface area contributed by atoms with Crippen molar-refractivity contribution in [2.45, 2.75) is 52.6 Å². The van der Waals surface area contributed by atoms with E-state index in [-0.39, 0.29) is 29.2 Å². The SMILES string of the molecule is CC1CCC(C(N)=O)CN1C(=O)[C@H](N)C(C)(C)C. The van der Waals surface area contributed by atoms with E-state index in [9.17, 15) is 9.59 Å². The number of amides is 2. The Morgan fingerprint density at radius 2 is 1.83 bits per heavy atom. The van der Waals surface area contributed by atoms with Crippen LogP contribution in [0.15, 0.2) is 0 Å². The van der Waals surface area contributed by atoms with Crippen LogP contribution in [0.3, 0.4) is 0 Å². The first-order chi connectivity index (χ1) is 8.14. The molecule has 0 bridgehead atoms. The van der Waals surface area contributed by atoms with E-state index in [0.29, 0.717) is 6.54 Å². The second kappa shape index (κ2) is 5.26. The highest BCUT2D eigenvalue weighted by molar-refractivity contribution is 5.84. The molecule has 18 heavy (non-hydrogen) atoms. The van der Waals surface area contributed by atoms with Gasteiger partial charge in [-0.2, -0.15) is 0 Å². The van der Waals surface area contributed by atoms with Crippen LogP contribution in [0.4, 0.5) is 0 Å². The van der Waals surface area contributed by atoms with Crippen LogP contribution in [0.25, 0.3) is 0 Å². The number of hydrogen-bond acceptors (Lipinski definition) is 3. The summed E-state index contributed by atoms with van der Waals surface area (Å²) in [6.07, 6.45) is 1.56. The molecule has 1 saturated heterocycles. The van der Waals surface area contributed by atoms with Crippen LogP contribution in [0.1, 0.15) is 40.5 Å². The number of likely N-dealkylation sites (tertiary alicyclic amines) is 1. The van der Waals surface area contributed by atoms with Gasteiger partial charge in [-0.15, -0.1) is 0 Å². The zero-order valence-electron chi connectivity index (χ0n) is 11.8. The Morgan fingerprint density at radius 1 is 1.28 bits per heavy atom. The van der Waals surface area contributed by atoms with Crippen LogP contribution in [-0.2, 0) is 9.59 Å². The van der Waals surface area contributed by atoms with Gasteiger partial charge in [0.25, 0.3) is 0 Å². The molecule has 104 valence electrons. The molecule has 5 nitrogen and oxygen atoms in total. The van der Waals surface area contributed by atoms with Crippen molar-refractivity contribution in [3.05, 3.63) is 0 Å². The molecule has 0 aromatic rings. The second-order valence-corrected chi connectivity index (χ2v) is 6.36. The van der Waals surface area contributed by atoms with Gasteiger partial charge < -0.3 is 16.4 Å². The molecule has 0 aromatic heterocycles. The van der Waals surface area contributed by atoms with Crippen molar-refractivity contribution in [2.75, 3.05) is 6.54 Å². The lowest BCUT2D eigenvalue weighted by molar-refractivity contribution is -0.141. The fraction of sp³-hybridized carbons (Fsp3) is 0.846. The molecule has 1 aliphatic rings. The molecular weight excluding hydrogens is 230 g/mol. The normalized spacial score (nSPS) is 26.8. The predicted molar refractivity (Wildman–Crippen MR) is 70.5 cm³/mol. The third-order valence-electron chi connectivity index (χ3n) is 3.77. The number of piperidine rings is 1. The van der Waals surface area contributed by atoms with E-state index in [1.54, 1.807) is 4.90 Å². The summed E-state index contributed by atoms with van der Waals surface area (Å²) in [7, 11) is 0. The van der Waals surface area contributed by atoms with E-state index in [0.717, 1.165) is 12.8 Å². The minimum absolute atomic E-state index is 0.0825. The molecule has 5 heteroatoms. The zero-order chi connectivity index (χ0) is 14.1. The Hall–Kier alpha value is -1.10. The van der Waals surface area contributed by atoms with Crippen LogP contribution < -0.4 is 11.5 Å². The van der Waals surface area contributed by atoms with E-state index >= 15 is 0 Å². The summed E-state index contributed by atoms with van der Waals surface area (Å²) in [5.41, 5.74) is 11.0. The Bertz CT molecular complexity index is 336. The number of hydrogen-bond donors (Lipinski definition) is 2. The smallest absolute Gasteiger partial charge is 0.240 e. The van der Waals surface area contributed by atoms with Crippen LogP contribution >= 0.6 is 0 Å². The highest BCUT2D eigenvalue weighted by Crippen LogP contribution is 2.25. The maximum atomic E-state index is 12.4. The van der Waals surface area contributed by atoms with Gasteiger partial charge in [0, 0.05) is 12.6 Å². The Kier molecular flexibility index (Phi) is 4.37. The maximum Gasteiger partial charge on any atom is 0.240 e. The topological polar surface area (TPSA) is 89.4 Å². The van der Waals surface area contributed by atoms with Crippen molar-refractivity contribution in [1.82, 2.24) is 4.90 Å². The summed E-state index contributed by atoms with van der Waals surface area (Å²) >= 11 is 0. The standard InChI is InChI=1S/C13H25N3O2/c1-8-5-6-9(11(15)17)7-16(8)12(18)10(14)13(2,3)4/h8-10H,5-7,14H2,1-4H3,(H2,15,17)/t8?,9?,10-/m0/s1. The highest BCUT2D eigenvalue weighted by atomic mass is 16.2. The van der Waals surface area contributed by atoms with Gasteiger partial charge in [0.1, 0.15) is 0 Å². The summed E-state index contributed by atoms with van der Waals surface area (Å²) < 4.78 is 0. The quantitative estimate of drug-likeness (QED) is 0.751. The molecule has 0 spiro atoms.